The zero-order valence-electron chi connectivity index (χ0n) is 13.5. The summed E-state index contributed by atoms with van der Waals surface area (Å²) in [4.78, 5) is 11.5. The SMILES string of the molecule is CC1(C)OB(C(F)=C(Cc2ccc(Cl)cc2)C(=O)O)OC1(C)C. The maximum absolute atomic E-state index is 14.7. The number of hydrogen-bond acceptors (Lipinski definition) is 3. The van der Waals surface area contributed by atoms with E-state index in [1.54, 1.807) is 52.0 Å². The standard InChI is InChI=1S/C16H19BClFO4/c1-15(2)16(3,4)23-17(22-15)13(19)12(14(20)21)9-10-5-7-11(18)8-6-10/h5-8H,9H2,1-4H3,(H,20,21). The Bertz CT molecular complexity index is 624. The topological polar surface area (TPSA) is 55.8 Å². The number of carboxylic acid groups (broad SMARTS) is 1. The molecular formula is C16H19BClFO4. The lowest BCUT2D eigenvalue weighted by Gasteiger charge is -2.32. The third-order valence-electron chi connectivity index (χ3n) is 4.30. The predicted octanol–water partition coefficient (Wildman–Crippen LogP) is 3.82. The molecule has 124 valence electrons. The van der Waals surface area contributed by atoms with Crippen LogP contribution in [0.15, 0.2) is 35.6 Å². The maximum Gasteiger partial charge on any atom is 0.525 e. The molecule has 0 unspecified atom stereocenters. The molecule has 1 N–H and O–H groups in total. The van der Waals surface area contributed by atoms with Crippen molar-refractivity contribution in [3.8, 4) is 0 Å². The van der Waals surface area contributed by atoms with Crippen molar-refractivity contribution < 1.29 is 23.6 Å². The lowest BCUT2D eigenvalue weighted by Crippen LogP contribution is -2.41. The average molecular weight is 341 g/mol. The van der Waals surface area contributed by atoms with Crippen molar-refractivity contribution in [1.82, 2.24) is 0 Å². The van der Waals surface area contributed by atoms with Crippen molar-refractivity contribution in [3.63, 3.8) is 0 Å². The Balaban J connectivity index is 2.30. The van der Waals surface area contributed by atoms with Crippen LogP contribution in [0.4, 0.5) is 4.39 Å². The molecule has 1 aliphatic rings. The molecule has 1 aliphatic heterocycles. The summed E-state index contributed by atoms with van der Waals surface area (Å²) in [6.07, 6.45) is -0.0809. The summed E-state index contributed by atoms with van der Waals surface area (Å²) in [5.41, 5.74) is -2.13. The fourth-order valence-corrected chi connectivity index (χ4v) is 2.28. The molecule has 7 heteroatoms. The van der Waals surface area contributed by atoms with Crippen LogP contribution in [-0.4, -0.2) is 29.4 Å². The molecule has 1 aromatic carbocycles. The first-order chi connectivity index (χ1) is 10.5. The molecule has 4 nitrogen and oxygen atoms in total. The van der Waals surface area contributed by atoms with Crippen LogP contribution in [0.5, 0.6) is 0 Å². The lowest BCUT2D eigenvalue weighted by molar-refractivity contribution is -0.132. The summed E-state index contributed by atoms with van der Waals surface area (Å²) in [7, 11) is -1.32. The van der Waals surface area contributed by atoms with Crippen molar-refractivity contribution >= 4 is 24.7 Å². The highest BCUT2D eigenvalue weighted by molar-refractivity contribution is 6.54. The van der Waals surface area contributed by atoms with Gasteiger partial charge >= 0.3 is 13.1 Å². The molecule has 0 aromatic heterocycles. The van der Waals surface area contributed by atoms with Crippen LogP contribution >= 0.6 is 11.6 Å². The van der Waals surface area contributed by atoms with Gasteiger partial charge in [-0.05, 0) is 45.4 Å². The van der Waals surface area contributed by atoms with E-state index in [-0.39, 0.29) is 12.0 Å². The van der Waals surface area contributed by atoms with Crippen molar-refractivity contribution in [3.05, 3.63) is 46.2 Å². The van der Waals surface area contributed by atoms with Crippen LogP contribution in [0.1, 0.15) is 33.3 Å². The van der Waals surface area contributed by atoms with Crippen molar-refractivity contribution in [2.45, 2.75) is 45.3 Å². The van der Waals surface area contributed by atoms with E-state index in [1.807, 2.05) is 0 Å². The highest BCUT2D eigenvalue weighted by Gasteiger charge is 2.53. The molecule has 0 bridgehead atoms. The highest BCUT2D eigenvalue weighted by Crippen LogP contribution is 2.39. The molecule has 2 rings (SSSR count). The van der Waals surface area contributed by atoms with Gasteiger partial charge in [-0.25, -0.2) is 9.18 Å². The predicted molar refractivity (Wildman–Crippen MR) is 87.0 cm³/mol. The second-order valence-corrected chi connectivity index (χ2v) is 6.96. The molecule has 0 spiro atoms. The Hall–Kier alpha value is -1.37. The van der Waals surface area contributed by atoms with Gasteiger partial charge in [0.15, 0.2) is 0 Å². The van der Waals surface area contributed by atoms with E-state index in [0.29, 0.717) is 10.6 Å². The molecule has 1 aromatic rings. The largest absolute Gasteiger partial charge is 0.525 e. The van der Waals surface area contributed by atoms with Gasteiger partial charge in [-0.3, -0.25) is 0 Å². The first-order valence-electron chi connectivity index (χ1n) is 7.25. The minimum absolute atomic E-state index is 0.0809. The van der Waals surface area contributed by atoms with Gasteiger partial charge in [-0.15, -0.1) is 0 Å². The minimum Gasteiger partial charge on any atom is -0.478 e. The fraction of sp³-hybridized carbons (Fsp3) is 0.438. The van der Waals surface area contributed by atoms with Crippen LogP contribution in [0.2, 0.25) is 5.02 Å². The molecule has 0 saturated carbocycles. The molecular weight excluding hydrogens is 321 g/mol. The summed E-state index contributed by atoms with van der Waals surface area (Å²) < 4.78 is 25.8. The zero-order valence-corrected chi connectivity index (χ0v) is 14.3. The average Bonchev–Trinajstić information content (AvgIpc) is 2.66. The summed E-state index contributed by atoms with van der Waals surface area (Å²) in [5.74, 6) is -1.34. The van der Waals surface area contributed by atoms with Crippen molar-refractivity contribution in [2.75, 3.05) is 0 Å². The molecule has 1 saturated heterocycles. The number of halogens is 2. The smallest absolute Gasteiger partial charge is 0.478 e. The Kier molecular flexibility index (Phi) is 4.90. The van der Waals surface area contributed by atoms with E-state index >= 15 is 0 Å². The lowest BCUT2D eigenvalue weighted by atomic mass is 9.83. The third-order valence-corrected chi connectivity index (χ3v) is 4.55. The Morgan fingerprint density at radius 2 is 1.65 bits per heavy atom. The highest BCUT2D eigenvalue weighted by atomic mass is 35.5. The summed E-state index contributed by atoms with van der Waals surface area (Å²) in [6, 6.07) is 6.57. The van der Waals surface area contributed by atoms with E-state index in [9.17, 15) is 14.3 Å². The van der Waals surface area contributed by atoms with Gasteiger partial charge in [0.25, 0.3) is 0 Å². The number of hydrogen-bond donors (Lipinski definition) is 1. The van der Waals surface area contributed by atoms with Gasteiger partial charge < -0.3 is 14.4 Å². The van der Waals surface area contributed by atoms with Crippen molar-refractivity contribution in [2.24, 2.45) is 0 Å². The van der Waals surface area contributed by atoms with E-state index in [4.69, 9.17) is 20.9 Å². The number of benzene rings is 1. The van der Waals surface area contributed by atoms with Crippen LogP contribution in [0, 0.1) is 0 Å². The van der Waals surface area contributed by atoms with Crippen LogP contribution < -0.4 is 0 Å². The third kappa shape index (κ3) is 3.76. The van der Waals surface area contributed by atoms with Crippen molar-refractivity contribution in [1.29, 1.82) is 0 Å². The van der Waals surface area contributed by atoms with Gasteiger partial charge in [-0.2, -0.15) is 0 Å². The normalized spacial score (nSPS) is 20.3. The molecule has 23 heavy (non-hydrogen) atoms. The number of carbonyl (C=O) groups is 1. The Morgan fingerprint density at radius 3 is 2.09 bits per heavy atom. The van der Waals surface area contributed by atoms with Gasteiger partial charge in [0.2, 0.25) is 0 Å². The maximum atomic E-state index is 14.7. The Morgan fingerprint density at radius 1 is 1.17 bits per heavy atom. The quantitative estimate of drug-likeness (QED) is 0.668. The molecule has 0 radical (unpaired) electrons. The van der Waals surface area contributed by atoms with Crippen LogP contribution in [-0.2, 0) is 20.5 Å². The molecule has 0 aliphatic carbocycles. The summed E-state index contributed by atoms with van der Waals surface area (Å²) >= 11 is 5.80. The monoisotopic (exact) mass is 340 g/mol. The number of carboxylic acids is 1. The van der Waals surface area contributed by atoms with Crippen LogP contribution in [0.25, 0.3) is 0 Å². The summed E-state index contributed by atoms with van der Waals surface area (Å²) in [5, 5.41) is 9.87. The minimum atomic E-state index is -1.34. The Labute approximate surface area is 140 Å². The first kappa shape index (κ1) is 18.0. The number of rotatable bonds is 4. The van der Waals surface area contributed by atoms with Gasteiger partial charge in [0, 0.05) is 11.4 Å². The molecule has 0 amide bonds. The number of aliphatic carboxylic acids is 1. The summed E-state index contributed by atoms with van der Waals surface area (Å²) in [6.45, 7) is 7.11. The first-order valence-corrected chi connectivity index (χ1v) is 7.63. The van der Waals surface area contributed by atoms with Gasteiger partial charge in [0.05, 0.1) is 16.8 Å². The van der Waals surface area contributed by atoms with E-state index in [0.717, 1.165) is 0 Å². The zero-order chi connectivity index (χ0) is 17.4. The molecule has 1 heterocycles. The molecule has 0 atom stereocenters. The van der Waals surface area contributed by atoms with Crippen LogP contribution in [0.3, 0.4) is 0 Å². The van der Waals surface area contributed by atoms with Gasteiger partial charge in [0.1, 0.15) is 5.73 Å². The van der Waals surface area contributed by atoms with E-state index in [2.05, 4.69) is 0 Å². The second-order valence-electron chi connectivity index (χ2n) is 6.52. The molecule has 1 fully saturated rings. The fourth-order valence-electron chi connectivity index (χ4n) is 2.16. The van der Waals surface area contributed by atoms with E-state index < -0.39 is 30.0 Å². The second kappa shape index (κ2) is 6.26. The van der Waals surface area contributed by atoms with E-state index in [1.165, 1.54) is 0 Å². The van der Waals surface area contributed by atoms with Gasteiger partial charge in [-0.1, -0.05) is 23.7 Å².